The molecule has 130 valence electrons. The van der Waals surface area contributed by atoms with E-state index in [0.717, 1.165) is 16.7 Å². The molecule has 6 heteroatoms. The van der Waals surface area contributed by atoms with Crippen molar-refractivity contribution >= 4 is 11.6 Å². The number of hydroxylamine groups is 1. The van der Waals surface area contributed by atoms with E-state index in [0.29, 0.717) is 17.0 Å². The topological polar surface area (TPSA) is 90.8 Å². The van der Waals surface area contributed by atoms with Gasteiger partial charge in [-0.1, -0.05) is 42.5 Å². The van der Waals surface area contributed by atoms with Crippen molar-refractivity contribution in [3.63, 3.8) is 0 Å². The highest BCUT2D eigenvalue weighted by molar-refractivity contribution is 5.95. The molecule has 0 radical (unpaired) electrons. The number of phenolic OH excluding ortho intramolecular Hbond substituents is 1. The highest BCUT2D eigenvalue weighted by atomic mass is 16.5. The summed E-state index contributed by atoms with van der Waals surface area (Å²) >= 11 is 0. The second kappa shape index (κ2) is 6.42. The Labute approximate surface area is 149 Å². The Morgan fingerprint density at radius 1 is 1.04 bits per heavy atom. The Hall–Kier alpha value is -3.51. The van der Waals surface area contributed by atoms with Gasteiger partial charge in [0, 0.05) is 16.7 Å². The third-order valence-electron chi connectivity index (χ3n) is 4.30. The van der Waals surface area contributed by atoms with E-state index in [1.807, 2.05) is 36.4 Å². The van der Waals surface area contributed by atoms with Gasteiger partial charge in [-0.05, 0) is 29.8 Å². The number of amides is 1. The predicted octanol–water partition coefficient (Wildman–Crippen LogP) is 3.68. The van der Waals surface area contributed by atoms with Crippen LogP contribution < -0.4 is 15.5 Å². The maximum Gasteiger partial charge on any atom is 0.274 e. The summed E-state index contributed by atoms with van der Waals surface area (Å²) in [6, 6.07) is 19.7. The number of nitrogens with one attached hydrogen (secondary N) is 2. The largest absolute Gasteiger partial charge is 0.507 e. The number of fused-ring (bicyclic) bond motifs is 1. The number of anilines is 1. The van der Waals surface area contributed by atoms with E-state index >= 15 is 0 Å². The zero-order valence-corrected chi connectivity index (χ0v) is 13.6. The van der Waals surface area contributed by atoms with Gasteiger partial charge >= 0.3 is 0 Å². The average Bonchev–Trinajstić information content (AvgIpc) is 3.11. The van der Waals surface area contributed by atoms with Crippen LogP contribution in [0.3, 0.4) is 0 Å². The fourth-order valence-electron chi connectivity index (χ4n) is 2.96. The number of hydrogen-bond acceptors (Lipinski definition) is 5. The van der Waals surface area contributed by atoms with Gasteiger partial charge in [0.2, 0.25) is 0 Å². The molecule has 1 amide bonds. The van der Waals surface area contributed by atoms with Gasteiger partial charge < -0.3 is 15.2 Å². The number of aromatic hydroxyl groups is 1. The van der Waals surface area contributed by atoms with Crippen molar-refractivity contribution in [3.05, 3.63) is 77.9 Å². The van der Waals surface area contributed by atoms with Crippen molar-refractivity contribution in [2.45, 2.75) is 6.23 Å². The lowest BCUT2D eigenvalue weighted by Gasteiger charge is -2.12. The Bertz CT molecular complexity index is 970. The Morgan fingerprint density at radius 3 is 2.54 bits per heavy atom. The number of ether oxygens (including phenoxy) is 1. The van der Waals surface area contributed by atoms with Gasteiger partial charge in [0.25, 0.3) is 5.91 Å². The molecule has 4 N–H and O–H groups in total. The maximum absolute atomic E-state index is 11.5. The van der Waals surface area contributed by atoms with E-state index in [1.165, 1.54) is 0 Å². The van der Waals surface area contributed by atoms with Crippen LogP contribution in [0.1, 0.15) is 22.1 Å². The first-order chi connectivity index (χ1) is 12.7. The maximum atomic E-state index is 11.5. The minimum Gasteiger partial charge on any atom is -0.507 e. The van der Waals surface area contributed by atoms with Gasteiger partial charge in [-0.2, -0.15) is 0 Å². The average molecular weight is 348 g/mol. The van der Waals surface area contributed by atoms with E-state index in [2.05, 4.69) is 5.32 Å². The molecular formula is C20H16N2O4. The molecule has 0 saturated heterocycles. The molecule has 0 spiro atoms. The number of hydrogen-bond donors (Lipinski definition) is 4. The van der Waals surface area contributed by atoms with Crippen LogP contribution >= 0.6 is 0 Å². The van der Waals surface area contributed by atoms with E-state index in [1.54, 1.807) is 35.8 Å². The zero-order valence-electron chi connectivity index (χ0n) is 13.6. The van der Waals surface area contributed by atoms with Crippen LogP contribution in [0, 0.1) is 0 Å². The Kier molecular flexibility index (Phi) is 3.95. The fourth-order valence-corrected chi connectivity index (χ4v) is 2.96. The standard InChI is InChI=1S/C20H16N2O4/c23-17-4-2-1-3-15(17)12-5-7-13(8-6-12)20-21-16-11-14(19(24)22-25)9-10-18(16)26-20/h1-11,20-21,23,25H,(H,22,24). The molecular weight excluding hydrogens is 332 g/mol. The fraction of sp³-hybridized carbons (Fsp3) is 0.0500. The summed E-state index contributed by atoms with van der Waals surface area (Å²) in [6.07, 6.45) is -0.379. The van der Waals surface area contributed by atoms with Crippen LogP contribution in [-0.4, -0.2) is 16.2 Å². The molecule has 1 unspecified atom stereocenters. The summed E-state index contributed by atoms with van der Waals surface area (Å²) in [4.78, 5) is 11.5. The molecule has 3 aromatic carbocycles. The normalized spacial score (nSPS) is 14.9. The predicted molar refractivity (Wildman–Crippen MR) is 96.2 cm³/mol. The molecule has 0 bridgehead atoms. The molecule has 1 heterocycles. The number of benzene rings is 3. The smallest absolute Gasteiger partial charge is 0.274 e. The van der Waals surface area contributed by atoms with E-state index in [4.69, 9.17) is 9.94 Å². The molecule has 26 heavy (non-hydrogen) atoms. The minimum atomic E-state index is -0.579. The zero-order chi connectivity index (χ0) is 18.1. The highest BCUT2D eigenvalue weighted by Crippen LogP contribution is 2.39. The first kappa shape index (κ1) is 16.0. The first-order valence-corrected chi connectivity index (χ1v) is 8.06. The molecule has 0 aliphatic carbocycles. The minimum absolute atomic E-state index is 0.234. The number of carbonyl (C=O) groups excluding carboxylic acids is 1. The number of rotatable bonds is 3. The van der Waals surface area contributed by atoms with Gasteiger partial charge in [0.1, 0.15) is 11.5 Å². The monoisotopic (exact) mass is 348 g/mol. The van der Waals surface area contributed by atoms with Crippen molar-refractivity contribution < 1.29 is 19.8 Å². The highest BCUT2D eigenvalue weighted by Gasteiger charge is 2.24. The molecule has 1 atom stereocenters. The third-order valence-corrected chi connectivity index (χ3v) is 4.30. The Morgan fingerprint density at radius 2 is 1.81 bits per heavy atom. The van der Waals surface area contributed by atoms with E-state index in [-0.39, 0.29) is 12.0 Å². The lowest BCUT2D eigenvalue weighted by Crippen LogP contribution is -2.18. The molecule has 6 nitrogen and oxygen atoms in total. The van der Waals surface area contributed by atoms with Crippen LogP contribution in [0.25, 0.3) is 11.1 Å². The van der Waals surface area contributed by atoms with Gasteiger partial charge in [0.15, 0.2) is 6.23 Å². The molecule has 0 aromatic heterocycles. The lowest BCUT2D eigenvalue weighted by atomic mass is 10.0. The van der Waals surface area contributed by atoms with Crippen LogP contribution in [0.5, 0.6) is 11.5 Å². The summed E-state index contributed by atoms with van der Waals surface area (Å²) in [5.74, 6) is 0.289. The second-order valence-electron chi connectivity index (χ2n) is 5.93. The van der Waals surface area contributed by atoms with Crippen molar-refractivity contribution in [2.75, 3.05) is 5.32 Å². The van der Waals surface area contributed by atoms with Crippen LogP contribution in [0.2, 0.25) is 0 Å². The SMILES string of the molecule is O=C(NO)c1ccc2c(c1)NC(c1ccc(-c3ccccc3O)cc1)O2. The Balaban J connectivity index is 1.56. The molecule has 1 aliphatic heterocycles. The summed E-state index contributed by atoms with van der Waals surface area (Å²) in [5.41, 5.74) is 5.21. The van der Waals surface area contributed by atoms with E-state index in [9.17, 15) is 9.90 Å². The number of carbonyl (C=O) groups is 1. The molecule has 0 fully saturated rings. The lowest BCUT2D eigenvalue weighted by molar-refractivity contribution is 0.0706. The molecule has 4 rings (SSSR count). The van der Waals surface area contributed by atoms with Crippen molar-refractivity contribution in [3.8, 4) is 22.6 Å². The number of para-hydroxylation sites is 1. The van der Waals surface area contributed by atoms with Crippen molar-refractivity contribution in [1.29, 1.82) is 0 Å². The first-order valence-electron chi connectivity index (χ1n) is 8.06. The van der Waals surface area contributed by atoms with Gasteiger partial charge in [-0.3, -0.25) is 10.0 Å². The summed E-state index contributed by atoms with van der Waals surface area (Å²) in [5, 5.41) is 21.9. The molecule has 1 aliphatic rings. The third kappa shape index (κ3) is 2.82. The van der Waals surface area contributed by atoms with Crippen LogP contribution in [0.15, 0.2) is 66.7 Å². The van der Waals surface area contributed by atoms with E-state index < -0.39 is 5.91 Å². The van der Waals surface area contributed by atoms with Gasteiger partial charge in [-0.25, -0.2) is 5.48 Å². The van der Waals surface area contributed by atoms with Gasteiger partial charge in [0.05, 0.1) is 5.69 Å². The summed E-state index contributed by atoms with van der Waals surface area (Å²) < 4.78 is 5.88. The summed E-state index contributed by atoms with van der Waals surface area (Å²) in [7, 11) is 0. The summed E-state index contributed by atoms with van der Waals surface area (Å²) in [6.45, 7) is 0. The molecule has 3 aromatic rings. The van der Waals surface area contributed by atoms with Crippen LogP contribution in [0.4, 0.5) is 5.69 Å². The second-order valence-corrected chi connectivity index (χ2v) is 5.93. The van der Waals surface area contributed by atoms with Crippen molar-refractivity contribution in [2.24, 2.45) is 0 Å². The van der Waals surface area contributed by atoms with Crippen molar-refractivity contribution in [1.82, 2.24) is 5.48 Å². The quantitative estimate of drug-likeness (QED) is 0.428. The molecule has 0 saturated carbocycles. The van der Waals surface area contributed by atoms with Crippen LogP contribution in [-0.2, 0) is 0 Å². The number of phenols is 1. The van der Waals surface area contributed by atoms with Gasteiger partial charge in [-0.15, -0.1) is 0 Å².